The highest BCUT2D eigenvalue weighted by atomic mass is 16.5. The second kappa shape index (κ2) is 6.44. The molecule has 8 heteroatoms. The van der Waals surface area contributed by atoms with Crippen molar-refractivity contribution in [1.29, 1.82) is 0 Å². The number of ether oxygens (including phenoxy) is 1. The Balaban J connectivity index is 1.48. The molecule has 1 fully saturated rings. The zero-order chi connectivity index (χ0) is 18.1. The Morgan fingerprint density at radius 1 is 1.35 bits per heavy atom. The van der Waals surface area contributed by atoms with Gasteiger partial charge in [0, 0.05) is 37.5 Å². The fraction of sp³-hybridized carbons (Fsp3) is 0.444. The van der Waals surface area contributed by atoms with E-state index < -0.39 is 11.4 Å². The molecule has 26 heavy (non-hydrogen) atoms. The van der Waals surface area contributed by atoms with Crippen LogP contribution in [0.5, 0.6) is 5.75 Å². The molecule has 136 valence electrons. The molecule has 0 spiro atoms. The SMILES string of the molecule is O=C(CCCn1cncn1)N1CC2c3ccccc3OCC2(C(=O)O)C1. The van der Waals surface area contributed by atoms with Gasteiger partial charge in [-0.1, -0.05) is 18.2 Å². The van der Waals surface area contributed by atoms with Gasteiger partial charge in [-0.2, -0.15) is 5.10 Å². The van der Waals surface area contributed by atoms with E-state index in [-0.39, 0.29) is 25.0 Å². The first-order valence-corrected chi connectivity index (χ1v) is 8.65. The number of amides is 1. The van der Waals surface area contributed by atoms with Crippen LogP contribution in [0.15, 0.2) is 36.9 Å². The number of aromatic nitrogens is 3. The lowest BCUT2D eigenvalue weighted by atomic mass is 9.73. The fourth-order valence-electron chi connectivity index (χ4n) is 3.93. The summed E-state index contributed by atoms with van der Waals surface area (Å²) in [5, 5.41) is 13.9. The third kappa shape index (κ3) is 2.71. The van der Waals surface area contributed by atoms with Gasteiger partial charge in [0.25, 0.3) is 0 Å². The summed E-state index contributed by atoms with van der Waals surface area (Å²) in [4.78, 5) is 30.3. The van der Waals surface area contributed by atoms with Gasteiger partial charge in [-0.25, -0.2) is 4.98 Å². The molecule has 3 heterocycles. The molecule has 0 aliphatic carbocycles. The molecule has 2 aromatic rings. The van der Waals surface area contributed by atoms with Crippen molar-refractivity contribution in [3.8, 4) is 5.75 Å². The first kappa shape index (κ1) is 16.6. The van der Waals surface area contributed by atoms with Crippen molar-refractivity contribution in [2.24, 2.45) is 5.41 Å². The minimum Gasteiger partial charge on any atom is -0.492 e. The number of hydrogen-bond donors (Lipinski definition) is 1. The van der Waals surface area contributed by atoms with Crippen LogP contribution >= 0.6 is 0 Å². The van der Waals surface area contributed by atoms with Crippen molar-refractivity contribution in [2.75, 3.05) is 19.7 Å². The van der Waals surface area contributed by atoms with Crippen molar-refractivity contribution in [3.63, 3.8) is 0 Å². The quantitative estimate of drug-likeness (QED) is 0.863. The van der Waals surface area contributed by atoms with Crippen molar-refractivity contribution in [1.82, 2.24) is 19.7 Å². The second-order valence-electron chi connectivity index (χ2n) is 6.88. The number of carboxylic acids is 1. The molecular formula is C18H20N4O4. The van der Waals surface area contributed by atoms with Crippen LogP contribution in [0.1, 0.15) is 24.3 Å². The lowest BCUT2D eigenvalue weighted by Crippen LogP contribution is -2.46. The van der Waals surface area contributed by atoms with E-state index in [1.807, 2.05) is 24.3 Å². The van der Waals surface area contributed by atoms with Crippen molar-refractivity contribution < 1.29 is 19.4 Å². The number of carboxylic acid groups (broad SMARTS) is 1. The largest absolute Gasteiger partial charge is 0.492 e. The lowest BCUT2D eigenvalue weighted by molar-refractivity contribution is -0.152. The van der Waals surface area contributed by atoms with Crippen LogP contribution in [0.25, 0.3) is 0 Å². The van der Waals surface area contributed by atoms with Gasteiger partial charge in [0.15, 0.2) is 0 Å². The molecular weight excluding hydrogens is 336 g/mol. The van der Waals surface area contributed by atoms with Crippen molar-refractivity contribution in [2.45, 2.75) is 25.3 Å². The monoisotopic (exact) mass is 356 g/mol. The van der Waals surface area contributed by atoms with Crippen LogP contribution in [0.3, 0.4) is 0 Å². The first-order valence-electron chi connectivity index (χ1n) is 8.65. The summed E-state index contributed by atoms with van der Waals surface area (Å²) in [7, 11) is 0. The van der Waals surface area contributed by atoms with E-state index in [4.69, 9.17) is 4.74 Å². The maximum absolute atomic E-state index is 12.6. The Kier molecular flexibility index (Phi) is 4.10. The van der Waals surface area contributed by atoms with E-state index in [0.717, 1.165) is 11.3 Å². The summed E-state index contributed by atoms with van der Waals surface area (Å²) in [5.74, 6) is -0.466. The highest BCUT2D eigenvalue weighted by molar-refractivity contribution is 5.82. The van der Waals surface area contributed by atoms with Crippen LogP contribution < -0.4 is 4.74 Å². The average molecular weight is 356 g/mol. The molecule has 1 saturated heterocycles. The molecule has 4 rings (SSSR count). The van der Waals surface area contributed by atoms with Gasteiger partial charge >= 0.3 is 5.97 Å². The summed E-state index contributed by atoms with van der Waals surface area (Å²) >= 11 is 0. The molecule has 2 aliphatic rings. The number of likely N-dealkylation sites (tertiary alicyclic amines) is 1. The van der Waals surface area contributed by atoms with Crippen LogP contribution in [-0.2, 0) is 16.1 Å². The zero-order valence-electron chi connectivity index (χ0n) is 14.2. The molecule has 0 radical (unpaired) electrons. The standard InChI is InChI=1S/C18H20N4O4/c23-16(6-3-7-22-12-19-11-20-22)21-8-14-13-4-1-2-5-15(13)26-10-18(14,9-21)17(24)25/h1-2,4-5,11-12,14H,3,6-10H2,(H,24,25). The number of carbonyl (C=O) groups is 2. The van der Waals surface area contributed by atoms with Gasteiger partial charge < -0.3 is 14.7 Å². The summed E-state index contributed by atoms with van der Waals surface area (Å²) in [6.45, 7) is 1.30. The number of nitrogens with zero attached hydrogens (tertiary/aromatic N) is 4. The summed E-state index contributed by atoms with van der Waals surface area (Å²) in [6, 6.07) is 7.50. The number of carbonyl (C=O) groups excluding carboxylic acids is 1. The maximum Gasteiger partial charge on any atom is 0.315 e. The van der Waals surface area contributed by atoms with Gasteiger partial charge in [0.1, 0.15) is 30.4 Å². The van der Waals surface area contributed by atoms with Gasteiger partial charge in [-0.05, 0) is 12.5 Å². The molecule has 1 N–H and O–H groups in total. The Morgan fingerprint density at radius 2 is 2.19 bits per heavy atom. The molecule has 1 amide bonds. The van der Waals surface area contributed by atoms with Crippen LogP contribution in [0, 0.1) is 5.41 Å². The molecule has 2 atom stereocenters. The number of rotatable bonds is 5. The molecule has 8 nitrogen and oxygen atoms in total. The molecule has 2 aliphatic heterocycles. The Bertz CT molecular complexity index is 822. The number of aryl methyl sites for hydroxylation is 1. The smallest absolute Gasteiger partial charge is 0.315 e. The number of benzene rings is 1. The molecule has 1 aromatic carbocycles. The van der Waals surface area contributed by atoms with Crippen LogP contribution in [-0.4, -0.2) is 56.3 Å². The molecule has 1 aromatic heterocycles. The van der Waals surface area contributed by atoms with Crippen LogP contribution in [0.4, 0.5) is 0 Å². The summed E-state index contributed by atoms with van der Waals surface area (Å²) in [6.07, 6.45) is 4.06. The van der Waals surface area contributed by atoms with Gasteiger partial charge in [-0.15, -0.1) is 0 Å². The minimum absolute atomic E-state index is 0.0300. The summed E-state index contributed by atoms with van der Waals surface area (Å²) in [5.41, 5.74) is -0.199. The number of para-hydroxylation sites is 1. The minimum atomic E-state index is -1.07. The maximum atomic E-state index is 12.6. The zero-order valence-corrected chi connectivity index (χ0v) is 14.2. The van der Waals surface area contributed by atoms with Gasteiger partial charge in [-0.3, -0.25) is 14.3 Å². The Labute approximate surface area is 150 Å². The highest BCUT2D eigenvalue weighted by Gasteiger charge is 2.57. The first-order chi connectivity index (χ1) is 12.6. The lowest BCUT2D eigenvalue weighted by Gasteiger charge is -2.35. The average Bonchev–Trinajstić information content (AvgIpc) is 3.29. The van der Waals surface area contributed by atoms with E-state index >= 15 is 0 Å². The Morgan fingerprint density at radius 3 is 2.96 bits per heavy atom. The van der Waals surface area contributed by atoms with Gasteiger partial charge in [0.2, 0.25) is 5.91 Å². The third-order valence-electron chi connectivity index (χ3n) is 5.35. The highest BCUT2D eigenvalue weighted by Crippen LogP contribution is 2.49. The molecule has 0 bridgehead atoms. The van der Waals surface area contributed by atoms with Crippen LogP contribution in [0.2, 0.25) is 0 Å². The molecule has 0 saturated carbocycles. The Hall–Kier alpha value is -2.90. The van der Waals surface area contributed by atoms with Gasteiger partial charge in [0.05, 0.1) is 0 Å². The number of fused-ring (bicyclic) bond motifs is 3. The number of hydrogen-bond acceptors (Lipinski definition) is 5. The third-order valence-corrected chi connectivity index (χ3v) is 5.35. The van der Waals surface area contributed by atoms with E-state index in [1.54, 1.807) is 15.9 Å². The van der Waals surface area contributed by atoms with Crippen molar-refractivity contribution >= 4 is 11.9 Å². The normalized spacial score (nSPS) is 23.8. The predicted octanol–water partition coefficient (Wildman–Crippen LogP) is 1.15. The van der Waals surface area contributed by atoms with E-state index in [0.29, 0.717) is 25.9 Å². The number of aliphatic carboxylic acids is 1. The van der Waals surface area contributed by atoms with Crippen molar-refractivity contribution in [3.05, 3.63) is 42.5 Å². The summed E-state index contributed by atoms with van der Waals surface area (Å²) < 4.78 is 7.40. The molecule has 2 unspecified atom stereocenters. The fourth-order valence-corrected chi connectivity index (χ4v) is 3.93. The topological polar surface area (TPSA) is 97.5 Å². The van der Waals surface area contributed by atoms with E-state index in [2.05, 4.69) is 10.1 Å². The predicted molar refractivity (Wildman–Crippen MR) is 90.6 cm³/mol. The van der Waals surface area contributed by atoms with E-state index in [9.17, 15) is 14.7 Å². The second-order valence-corrected chi connectivity index (χ2v) is 6.88. The van der Waals surface area contributed by atoms with E-state index in [1.165, 1.54) is 6.33 Å².